The van der Waals surface area contributed by atoms with Gasteiger partial charge in [0, 0.05) is 11.1 Å². The van der Waals surface area contributed by atoms with Crippen molar-refractivity contribution in [3.05, 3.63) is 73.9 Å². The van der Waals surface area contributed by atoms with E-state index in [0.29, 0.717) is 29.2 Å². The van der Waals surface area contributed by atoms with Gasteiger partial charge in [0.05, 0.1) is 16.6 Å². The average Bonchev–Trinajstić information content (AvgIpc) is 2.70. The number of nitro groups is 1. The highest BCUT2D eigenvalue weighted by Crippen LogP contribution is 2.27. The summed E-state index contributed by atoms with van der Waals surface area (Å²) in [5, 5.41) is 11.7. The van der Waals surface area contributed by atoms with Crippen LogP contribution in [0.3, 0.4) is 0 Å². The van der Waals surface area contributed by atoms with Gasteiger partial charge in [-0.25, -0.2) is 9.59 Å². The number of rotatable bonds is 12. The van der Waals surface area contributed by atoms with Crippen molar-refractivity contribution in [1.29, 1.82) is 0 Å². The Morgan fingerprint density at radius 3 is 2.50 bits per heavy atom. The van der Waals surface area contributed by atoms with Crippen LogP contribution in [0.5, 0.6) is 5.75 Å². The van der Waals surface area contributed by atoms with E-state index in [0.717, 1.165) is 11.6 Å². The van der Waals surface area contributed by atoms with E-state index in [-0.39, 0.29) is 18.2 Å². The first-order valence-corrected chi connectivity index (χ1v) is 10.4. The van der Waals surface area contributed by atoms with Crippen LogP contribution in [0.1, 0.15) is 33.6 Å². The molecule has 32 heavy (non-hydrogen) atoms. The first kappa shape index (κ1) is 27.2. The minimum atomic E-state index is -1.00. The molecular formula is C22H25Cl2NO7. The molecule has 0 radical (unpaired) electrons. The zero-order valence-electron chi connectivity index (χ0n) is 18.1. The van der Waals surface area contributed by atoms with E-state index in [1.54, 1.807) is 32.9 Å². The molecule has 0 aliphatic carbocycles. The SMILES string of the molecule is C=C(C)C(CC/C(C)=C/C=C(/C(=O)OCC)[N+](=O)[O-])OC(=O)COc1ccc(Cl)cc1Cl. The van der Waals surface area contributed by atoms with Gasteiger partial charge in [-0.05, 0) is 57.4 Å². The van der Waals surface area contributed by atoms with E-state index in [1.807, 2.05) is 0 Å². The second-order valence-electron chi connectivity index (χ2n) is 6.77. The highest BCUT2D eigenvalue weighted by atomic mass is 35.5. The lowest BCUT2D eigenvalue weighted by atomic mass is 10.0. The minimum Gasteiger partial charge on any atom is -0.480 e. The third-order valence-corrected chi connectivity index (χ3v) is 4.60. The molecule has 1 aromatic rings. The molecule has 0 saturated carbocycles. The van der Waals surface area contributed by atoms with Crippen LogP contribution in [0.4, 0.5) is 0 Å². The molecule has 0 fully saturated rings. The maximum absolute atomic E-state index is 12.2. The molecule has 0 amide bonds. The van der Waals surface area contributed by atoms with E-state index in [2.05, 4.69) is 11.3 Å². The van der Waals surface area contributed by atoms with Crippen LogP contribution in [0.2, 0.25) is 10.0 Å². The van der Waals surface area contributed by atoms with Gasteiger partial charge in [-0.1, -0.05) is 41.4 Å². The third kappa shape index (κ3) is 9.53. The topological polar surface area (TPSA) is 105 Å². The van der Waals surface area contributed by atoms with E-state index in [1.165, 1.54) is 12.1 Å². The van der Waals surface area contributed by atoms with Crippen LogP contribution >= 0.6 is 23.2 Å². The number of carbonyl (C=O) groups excluding carboxylic acids is 2. The van der Waals surface area contributed by atoms with Crippen LogP contribution in [0.15, 0.2) is 53.8 Å². The number of hydrogen-bond donors (Lipinski definition) is 0. The molecule has 8 nitrogen and oxygen atoms in total. The zero-order chi connectivity index (χ0) is 24.3. The largest absolute Gasteiger partial charge is 0.480 e. The second kappa shape index (κ2) is 13.5. The molecule has 0 aliphatic heterocycles. The van der Waals surface area contributed by atoms with Gasteiger partial charge in [0.1, 0.15) is 11.9 Å². The maximum Gasteiger partial charge on any atom is 0.409 e. The van der Waals surface area contributed by atoms with Crippen LogP contribution in [-0.4, -0.2) is 36.2 Å². The number of nitrogens with zero attached hydrogens (tertiary/aromatic N) is 1. The van der Waals surface area contributed by atoms with Crippen molar-refractivity contribution in [2.24, 2.45) is 0 Å². The van der Waals surface area contributed by atoms with Crippen LogP contribution in [0, 0.1) is 10.1 Å². The molecule has 0 aromatic heterocycles. The molecule has 10 heteroatoms. The number of ether oxygens (including phenoxy) is 3. The standard InChI is InChI=1S/C22H25Cl2NO7/c1-5-30-22(27)18(25(28)29)9-6-15(4)7-10-19(14(2)3)32-21(26)13-31-20-11-8-16(23)12-17(20)24/h6,8-9,11-12,19H,2,5,7,10,13H2,1,3-4H3/b15-6+,18-9-. The number of esters is 2. The molecule has 0 aliphatic rings. The van der Waals surface area contributed by atoms with Crippen LogP contribution < -0.4 is 4.74 Å². The predicted molar refractivity (Wildman–Crippen MR) is 121 cm³/mol. The fraction of sp³-hybridized carbons (Fsp3) is 0.364. The number of allylic oxidation sites excluding steroid dienone is 3. The molecule has 0 saturated heterocycles. The molecule has 1 aromatic carbocycles. The Kier molecular flexibility index (Phi) is 11.5. The number of hydrogen-bond acceptors (Lipinski definition) is 7. The van der Waals surface area contributed by atoms with Crippen LogP contribution in [0.25, 0.3) is 0 Å². The van der Waals surface area contributed by atoms with Crippen molar-refractivity contribution in [3.8, 4) is 5.75 Å². The zero-order valence-corrected chi connectivity index (χ0v) is 19.6. The van der Waals surface area contributed by atoms with Crippen molar-refractivity contribution >= 4 is 35.1 Å². The quantitative estimate of drug-likeness (QED) is 0.0985. The lowest BCUT2D eigenvalue weighted by Gasteiger charge is -2.18. The fourth-order valence-corrected chi connectivity index (χ4v) is 2.86. The summed E-state index contributed by atoms with van der Waals surface area (Å²) in [5.41, 5.74) is 0.705. The van der Waals surface area contributed by atoms with Gasteiger partial charge in [-0.2, -0.15) is 0 Å². The summed E-state index contributed by atoms with van der Waals surface area (Å²) < 4.78 is 15.5. The molecule has 0 bridgehead atoms. The number of benzene rings is 1. The Morgan fingerprint density at radius 2 is 1.94 bits per heavy atom. The molecule has 1 rings (SSSR count). The van der Waals surface area contributed by atoms with Crippen molar-refractivity contribution < 1.29 is 28.7 Å². The molecule has 1 atom stereocenters. The monoisotopic (exact) mass is 485 g/mol. The van der Waals surface area contributed by atoms with Gasteiger partial charge in [0.25, 0.3) is 0 Å². The Morgan fingerprint density at radius 1 is 1.25 bits per heavy atom. The molecule has 0 N–H and O–H groups in total. The van der Waals surface area contributed by atoms with E-state index in [4.69, 9.17) is 32.7 Å². The Bertz CT molecular complexity index is 925. The Labute approximate surface area is 196 Å². The highest BCUT2D eigenvalue weighted by molar-refractivity contribution is 6.35. The van der Waals surface area contributed by atoms with E-state index < -0.39 is 28.7 Å². The van der Waals surface area contributed by atoms with Crippen LogP contribution in [-0.2, 0) is 19.1 Å². The summed E-state index contributed by atoms with van der Waals surface area (Å²) in [6.45, 7) is 8.54. The lowest BCUT2D eigenvalue weighted by Crippen LogP contribution is -2.23. The summed E-state index contributed by atoms with van der Waals surface area (Å²) in [6, 6.07) is 4.63. The summed E-state index contributed by atoms with van der Waals surface area (Å²) in [7, 11) is 0. The summed E-state index contributed by atoms with van der Waals surface area (Å²) in [5.74, 6) is -1.31. The lowest BCUT2D eigenvalue weighted by molar-refractivity contribution is -0.421. The normalized spacial score (nSPS) is 12.7. The molecule has 174 valence electrons. The van der Waals surface area contributed by atoms with Gasteiger partial charge < -0.3 is 14.2 Å². The van der Waals surface area contributed by atoms with Crippen molar-refractivity contribution in [3.63, 3.8) is 0 Å². The van der Waals surface area contributed by atoms with Crippen molar-refractivity contribution in [2.45, 2.75) is 39.7 Å². The average molecular weight is 486 g/mol. The van der Waals surface area contributed by atoms with Gasteiger partial charge in [-0.3, -0.25) is 10.1 Å². The smallest absolute Gasteiger partial charge is 0.409 e. The van der Waals surface area contributed by atoms with Gasteiger partial charge >= 0.3 is 17.6 Å². The van der Waals surface area contributed by atoms with Crippen molar-refractivity contribution in [2.75, 3.05) is 13.2 Å². The van der Waals surface area contributed by atoms with Gasteiger partial charge in [0.15, 0.2) is 6.61 Å². The predicted octanol–water partition coefficient (Wildman–Crippen LogP) is 5.31. The first-order chi connectivity index (χ1) is 15.0. The van der Waals surface area contributed by atoms with Gasteiger partial charge in [-0.15, -0.1) is 0 Å². The van der Waals surface area contributed by atoms with Crippen molar-refractivity contribution in [1.82, 2.24) is 0 Å². The number of carbonyl (C=O) groups is 2. The summed E-state index contributed by atoms with van der Waals surface area (Å²) >= 11 is 11.8. The highest BCUT2D eigenvalue weighted by Gasteiger charge is 2.22. The molecular weight excluding hydrogens is 461 g/mol. The Hall–Kier alpha value is -2.84. The molecule has 1 unspecified atom stereocenters. The summed E-state index contributed by atoms with van der Waals surface area (Å²) in [4.78, 5) is 34.0. The first-order valence-electron chi connectivity index (χ1n) is 9.66. The Balaban J connectivity index is 2.68. The minimum absolute atomic E-state index is 0.0340. The fourth-order valence-electron chi connectivity index (χ4n) is 2.40. The van der Waals surface area contributed by atoms with Gasteiger partial charge in [0.2, 0.25) is 0 Å². The van der Waals surface area contributed by atoms with E-state index in [9.17, 15) is 19.7 Å². The maximum atomic E-state index is 12.2. The summed E-state index contributed by atoms with van der Waals surface area (Å²) in [6.07, 6.45) is 2.81. The molecule has 0 heterocycles. The second-order valence-corrected chi connectivity index (χ2v) is 7.61. The van der Waals surface area contributed by atoms with E-state index >= 15 is 0 Å². The third-order valence-electron chi connectivity index (χ3n) is 4.07. The molecule has 0 spiro atoms. The number of halogens is 2.